The predicted octanol–water partition coefficient (Wildman–Crippen LogP) is 4.06. The molecule has 27 heavy (non-hydrogen) atoms. The van der Waals surface area contributed by atoms with E-state index < -0.39 is 5.97 Å². The number of aromatic hydroxyl groups is 1. The van der Waals surface area contributed by atoms with Gasteiger partial charge in [-0.15, -0.1) is 0 Å². The predicted molar refractivity (Wildman–Crippen MR) is 103 cm³/mol. The molecule has 0 bridgehead atoms. The number of carbonyl (C=O) groups excluding carboxylic acids is 2. The Morgan fingerprint density at radius 2 is 1.78 bits per heavy atom. The number of esters is 1. The summed E-state index contributed by atoms with van der Waals surface area (Å²) >= 11 is 0. The Hall–Kier alpha value is -3.21. The lowest BCUT2D eigenvalue weighted by molar-refractivity contribution is -0.143. The van der Waals surface area contributed by atoms with E-state index in [-0.39, 0.29) is 36.7 Å². The van der Waals surface area contributed by atoms with Gasteiger partial charge in [-0.05, 0) is 35.4 Å². The van der Waals surface area contributed by atoms with Crippen molar-refractivity contribution in [2.45, 2.75) is 26.2 Å². The first-order chi connectivity index (χ1) is 13.1. The molecule has 1 aromatic heterocycles. The molecule has 0 amide bonds. The molecule has 0 atom stereocenters. The first-order valence-electron chi connectivity index (χ1n) is 8.93. The first-order valence-corrected chi connectivity index (χ1v) is 8.93. The van der Waals surface area contributed by atoms with Crippen LogP contribution in [-0.2, 0) is 16.0 Å². The van der Waals surface area contributed by atoms with E-state index in [1.807, 2.05) is 36.4 Å². The molecule has 2 aromatic carbocycles. The number of ketones is 1. The normalized spacial score (nSPS) is 10.7. The highest BCUT2D eigenvalue weighted by Gasteiger charge is 2.16. The molecule has 138 valence electrons. The van der Waals surface area contributed by atoms with Gasteiger partial charge in [-0.1, -0.05) is 42.5 Å². The molecule has 0 saturated heterocycles. The number of Topliss-reactive ketones (excluding diaryl/α,β-unsaturated/α-hetero) is 1. The maximum Gasteiger partial charge on any atom is 0.306 e. The lowest BCUT2D eigenvalue weighted by Crippen LogP contribution is -2.10. The van der Waals surface area contributed by atoms with Gasteiger partial charge in [0.15, 0.2) is 5.78 Å². The van der Waals surface area contributed by atoms with Gasteiger partial charge in [0.1, 0.15) is 11.4 Å². The van der Waals surface area contributed by atoms with E-state index in [0.29, 0.717) is 12.1 Å². The first kappa shape index (κ1) is 18.6. The van der Waals surface area contributed by atoms with Crippen LogP contribution in [-0.4, -0.2) is 28.4 Å². The van der Waals surface area contributed by atoms with E-state index in [1.54, 1.807) is 13.0 Å². The average Bonchev–Trinajstić information content (AvgIpc) is 2.68. The SMILES string of the molecule is CCOC(=O)CCC(=O)c1nc(Cc2cccc3ccccc23)ccc1O. The number of fused-ring (bicyclic) bond motifs is 1. The monoisotopic (exact) mass is 363 g/mol. The minimum Gasteiger partial charge on any atom is -0.506 e. The number of hydrogen-bond acceptors (Lipinski definition) is 5. The summed E-state index contributed by atoms with van der Waals surface area (Å²) < 4.78 is 4.83. The van der Waals surface area contributed by atoms with Gasteiger partial charge in [0.05, 0.1) is 13.0 Å². The van der Waals surface area contributed by atoms with Crippen LogP contribution in [0.1, 0.15) is 41.5 Å². The van der Waals surface area contributed by atoms with Crippen LogP contribution in [0, 0.1) is 0 Å². The Kier molecular flexibility index (Phi) is 5.81. The van der Waals surface area contributed by atoms with Crippen LogP contribution in [0.15, 0.2) is 54.6 Å². The van der Waals surface area contributed by atoms with Crippen LogP contribution in [0.5, 0.6) is 5.75 Å². The second-order valence-electron chi connectivity index (χ2n) is 6.21. The van der Waals surface area contributed by atoms with E-state index in [0.717, 1.165) is 16.3 Å². The fourth-order valence-electron chi connectivity index (χ4n) is 3.00. The highest BCUT2D eigenvalue weighted by atomic mass is 16.5. The lowest BCUT2D eigenvalue weighted by Gasteiger charge is -2.09. The van der Waals surface area contributed by atoms with E-state index in [9.17, 15) is 14.7 Å². The Bertz CT molecular complexity index is 976. The van der Waals surface area contributed by atoms with Gasteiger partial charge in [-0.3, -0.25) is 9.59 Å². The van der Waals surface area contributed by atoms with Crippen LogP contribution in [0.2, 0.25) is 0 Å². The third-order valence-corrected chi connectivity index (χ3v) is 4.31. The molecule has 0 spiro atoms. The van der Waals surface area contributed by atoms with Crippen LogP contribution >= 0.6 is 0 Å². The zero-order chi connectivity index (χ0) is 19.2. The number of rotatable bonds is 7. The Morgan fingerprint density at radius 1 is 1.00 bits per heavy atom. The average molecular weight is 363 g/mol. The molecule has 3 aromatic rings. The summed E-state index contributed by atoms with van der Waals surface area (Å²) in [6, 6.07) is 17.3. The Balaban J connectivity index is 1.80. The van der Waals surface area contributed by atoms with Crippen LogP contribution in [0.3, 0.4) is 0 Å². The summed E-state index contributed by atoms with van der Waals surface area (Å²) in [6.45, 7) is 1.99. The van der Waals surface area contributed by atoms with Crippen molar-refractivity contribution in [3.05, 3.63) is 71.5 Å². The second kappa shape index (κ2) is 8.45. The Labute approximate surface area is 157 Å². The van der Waals surface area contributed by atoms with Crippen molar-refractivity contribution in [2.75, 3.05) is 6.61 Å². The third-order valence-electron chi connectivity index (χ3n) is 4.31. The van der Waals surface area contributed by atoms with Crippen molar-refractivity contribution in [3.63, 3.8) is 0 Å². The van der Waals surface area contributed by atoms with Crippen molar-refractivity contribution in [3.8, 4) is 5.75 Å². The zero-order valence-electron chi connectivity index (χ0n) is 15.1. The number of hydrogen-bond donors (Lipinski definition) is 1. The number of carbonyl (C=O) groups is 2. The summed E-state index contributed by atoms with van der Waals surface area (Å²) in [6.07, 6.45) is 0.470. The van der Waals surface area contributed by atoms with Crippen molar-refractivity contribution in [2.24, 2.45) is 0 Å². The van der Waals surface area contributed by atoms with Crippen LogP contribution < -0.4 is 0 Å². The van der Waals surface area contributed by atoms with Crippen molar-refractivity contribution >= 4 is 22.5 Å². The molecule has 1 N–H and O–H groups in total. The molecule has 0 radical (unpaired) electrons. The van der Waals surface area contributed by atoms with E-state index >= 15 is 0 Å². The van der Waals surface area contributed by atoms with E-state index in [1.165, 1.54) is 6.07 Å². The lowest BCUT2D eigenvalue weighted by atomic mass is 10.0. The molecule has 1 heterocycles. The summed E-state index contributed by atoms with van der Waals surface area (Å²) in [7, 11) is 0. The maximum absolute atomic E-state index is 12.4. The van der Waals surface area contributed by atoms with Crippen LogP contribution in [0.25, 0.3) is 10.8 Å². The third kappa shape index (κ3) is 4.50. The molecular formula is C22H21NO4. The molecule has 0 unspecified atom stereocenters. The highest BCUT2D eigenvalue weighted by Crippen LogP contribution is 2.23. The zero-order valence-corrected chi connectivity index (χ0v) is 15.1. The van der Waals surface area contributed by atoms with Gasteiger partial charge in [0.25, 0.3) is 0 Å². The molecule has 3 rings (SSSR count). The van der Waals surface area contributed by atoms with E-state index in [4.69, 9.17) is 4.74 Å². The smallest absolute Gasteiger partial charge is 0.306 e. The highest BCUT2D eigenvalue weighted by molar-refractivity contribution is 5.98. The number of benzene rings is 2. The number of ether oxygens (including phenoxy) is 1. The van der Waals surface area contributed by atoms with E-state index in [2.05, 4.69) is 11.1 Å². The summed E-state index contributed by atoms with van der Waals surface area (Å²) in [5, 5.41) is 12.3. The molecular weight excluding hydrogens is 342 g/mol. The summed E-state index contributed by atoms with van der Waals surface area (Å²) in [4.78, 5) is 28.1. The molecule has 0 aliphatic carbocycles. The fraction of sp³-hybridized carbons (Fsp3) is 0.227. The minimum atomic E-state index is -0.433. The molecule has 5 nitrogen and oxygen atoms in total. The van der Waals surface area contributed by atoms with Gasteiger partial charge >= 0.3 is 5.97 Å². The minimum absolute atomic E-state index is 0.00275. The molecule has 0 fully saturated rings. The summed E-state index contributed by atoms with van der Waals surface area (Å²) in [5.74, 6) is -0.983. The van der Waals surface area contributed by atoms with Gasteiger partial charge in [-0.25, -0.2) is 4.98 Å². The topological polar surface area (TPSA) is 76.5 Å². The molecule has 0 aliphatic heterocycles. The van der Waals surface area contributed by atoms with Crippen molar-refractivity contribution < 1.29 is 19.4 Å². The standard InChI is InChI=1S/C22H21NO4/c1-2-27-21(26)13-12-20(25)22-19(24)11-10-17(23-22)14-16-8-5-7-15-6-3-4-9-18(15)16/h3-11,24H,2,12-14H2,1H3. The number of nitrogens with zero attached hydrogens (tertiary/aromatic N) is 1. The van der Waals surface area contributed by atoms with Crippen LogP contribution in [0.4, 0.5) is 0 Å². The number of pyridine rings is 1. The quantitative estimate of drug-likeness (QED) is 0.506. The second-order valence-corrected chi connectivity index (χ2v) is 6.21. The van der Waals surface area contributed by atoms with Crippen molar-refractivity contribution in [1.82, 2.24) is 4.98 Å². The molecule has 5 heteroatoms. The van der Waals surface area contributed by atoms with Crippen molar-refractivity contribution in [1.29, 1.82) is 0 Å². The van der Waals surface area contributed by atoms with Gasteiger partial charge < -0.3 is 9.84 Å². The van der Waals surface area contributed by atoms with Gasteiger partial charge in [0.2, 0.25) is 0 Å². The van der Waals surface area contributed by atoms with Gasteiger partial charge in [-0.2, -0.15) is 0 Å². The largest absolute Gasteiger partial charge is 0.506 e. The summed E-state index contributed by atoms with van der Waals surface area (Å²) in [5.41, 5.74) is 1.77. The van der Waals surface area contributed by atoms with Gasteiger partial charge in [0, 0.05) is 18.5 Å². The Morgan fingerprint density at radius 3 is 2.59 bits per heavy atom. The number of aromatic nitrogens is 1. The fourth-order valence-corrected chi connectivity index (χ4v) is 3.00. The molecule has 0 aliphatic rings. The maximum atomic E-state index is 12.4. The molecule has 0 saturated carbocycles.